The molecule has 0 aromatic carbocycles. The van der Waals surface area contributed by atoms with Crippen LogP contribution in [0.1, 0.15) is 5.69 Å². The first kappa shape index (κ1) is 16.9. The van der Waals surface area contributed by atoms with Crippen molar-refractivity contribution in [3.8, 4) is 5.75 Å². The summed E-state index contributed by atoms with van der Waals surface area (Å²) in [5, 5.41) is 0.633. The van der Waals surface area contributed by atoms with Crippen LogP contribution in [0.5, 0.6) is 5.75 Å². The van der Waals surface area contributed by atoms with E-state index in [-0.39, 0.29) is 5.75 Å². The topological polar surface area (TPSA) is 41.5 Å². The number of nitrogens with zero attached hydrogens (tertiary/aromatic N) is 4. The second-order valence-electron chi connectivity index (χ2n) is 5.46. The highest BCUT2D eigenvalue weighted by molar-refractivity contribution is 6.30. The van der Waals surface area contributed by atoms with Crippen molar-refractivity contribution in [3.63, 3.8) is 0 Å². The summed E-state index contributed by atoms with van der Waals surface area (Å²) in [6, 6.07) is 6.98. The Bertz CT molecular complexity index is 646. The molecule has 0 radical (unpaired) electrons. The molecule has 1 aliphatic rings. The molecule has 128 valence electrons. The van der Waals surface area contributed by atoms with Crippen molar-refractivity contribution >= 4 is 17.4 Å². The van der Waals surface area contributed by atoms with Crippen LogP contribution in [0.15, 0.2) is 36.7 Å². The molecule has 1 saturated heterocycles. The fourth-order valence-electron chi connectivity index (χ4n) is 2.60. The quantitative estimate of drug-likeness (QED) is 0.825. The molecule has 0 bridgehead atoms. The first-order chi connectivity index (χ1) is 11.6. The van der Waals surface area contributed by atoms with E-state index in [0.717, 1.165) is 44.2 Å². The van der Waals surface area contributed by atoms with Crippen molar-refractivity contribution in [1.29, 1.82) is 0 Å². The van der Waals surface area contributed by atoms with Crippen LogP contribution in [0.2, 0.25) is 5.02 Å². The summed E-state index contributed by atoms with van der Waals surface area (Å²) in [5.74, 6) is 0.835. The van der Waals surface area contributed by atoms with Gasteiger partial charge in [-0.25, -0.2) is 4.98 Å². The molecule has 8 heteroatoms. The molecule has 0 amide bonds. The molecule has 0 saturated carbocycles. The number of hydrogen-bond acceptors (Lipinski definition) is 5. The third-order valence-electron chi connectivity index (χ3n) is 3.82. The number of pyridine rings is 2. The van der Waals surface area contributed by atoms with Crippen molar-refractivity contribution in [1.82, 2.24) is 14.9 Å². The zero-order chi connectivity index (χ0) is 16.9. The molecule has 0 unspecified atom stereocenters. The molecule has 0 atom stereocenters. The smallest absolute Gasteiger partial charge is 0.387 e. The molecule has 0 aliphatic carbocycles. The van der Waals surface area contributed by atoms with Gasteiger partial charge in [-0.1, -0.05) is 11.6 Å². The number of anilines is 1. The van der Waals surface area contributed by atoms with E-state index in [1.54, 1.807) is 12.3 Å². The Hall–Kier alpha value is -1.99. The Morgan fingerprint density at radius 2 is 1.83 bits per heavy atom. The number of piperazine rings is 1. The predicted octanol–water partition coefficient (Wildman–Crippen LogP) is 3.05. The average molecular weight is 355 g/mol. The zero-order valence-corrected chi connectivity index (χ0v) is 13.7. The van der Waals surface area contributed by atoms with Gasteiger partial charge < -0.3 is 9.64 Å². The molecule has 24 heavy (non-hydrogen) atoms. The lowest BCUT2D eigenvalue weighted by atomic mass is 10.2. The first-order valence-corrected chi connectivity index (χ1v) is 7.96. The average Bonchev–Trinajstić information content (AvgIpc) is 2.58. The highest BCUT2D eigenvalue weighted by atomic mass is 35.5. The van der Waals surface area contributed by atoms with Gasteiger partial charge in [-0.05, 0) is 24.3 Å². The Morgan fingerprint density at radius 1 is 1.04 bits per heavy atom. The van der Waals surface area contributed by atoms with E-state index in [1.165, 1.54) is 12.3 Å². The fraction of sp³-hybridized carbons (Fsp3) is 0.375. The summed E-state index contributed by atoms with van der Waals surface area (Å²) in [5.41, 5.74) is 0.986. The van der Waals surface area contributed by atoms with Gasteiger partial charge in [0, 0.05) is 38.9 Å². The summed E-state index contributed by atoms with van der Waals surface area (Å²) >= 11 is 5.84. The monoisotopic (exact) mass is 354 g/mol. The van der Waals surface area contributed by atoms with E-state index in [2.05, 4.69) is 24.5 Å². The molecule has 0 spiro atoms. The molecule has 3 rings (SSSR count). The molecule has 1 aliphatic heterocycles. The maximum atomic E-state index is 12.1. The fourth-order valence-corrected chi connectivity index (χ4v) is 2.71. The number of ether oxygens (including phenoxy) is 1. The highest BCUT2D eigenvalue weighted by Crippen LogP contribution is 2.19. The van der Waals surface area contributed by atoms with Crippen LogP contribution in [0, 0.1) is 0 Å². The standard InChI is InChI=1S/C16H17ClF2N4O/c17-12-1-2-13(20-9-12)11-22-5-7-23(8-6-22)15-4-3-14(10-21-15)24-16(18)19/h1-4,9-10,16H,5-8,11H2. The minimum absolute atomic E-state index is 0.0706. The minimum Gasteiger partial charge on any atom is -0.433 e. The van der Waals surface area contributed by atoms with E-state index in [9.17, 15) is 8.78 Å². The van der Waals surface area contributed by atoms with E-state index in [4.69, 9.17) is 11.6 Å². The van der Waals surface area contributed by atoms with Crippen molar-refractivity contribution in [3.05, 3.63) is 47.4 Å². The van der Waals surface area contributed by atoms with Gasteiger partial charge in [0.15, 0.2) is 0 Å². The number of rotatable bonds is 5. The largest absolute Gasteiger partial charge is 0.433 e. The van der Waals surface area contributed by atoms with Crippen molar-refractivity contribution in [2.24, 2.45) is 0 Å². The van der Waals surface area contributed by atoms with Crippen LogP contribution in [-0.4, -0.2) is 47.7 Å². The number of aromatic nitrogens is 2. The number of halogens is 3. The van der Waals surface area contributed by atoms with Gasteiger partial charge in [-0.3, -0.25) is 9.88 Å². The second-order valence-corrected chi connectivity index (χ2v) is 5.90. The van der Waals surface area contributed by atoms with Gasteiger partial charge in [-0.15, -0.1) is 0 Å². The summed E-state index contributed by atoms with van der Waals surface area (Å²) < 4.78 is 28.6. The molecule has 1 fully saturated rings. The van der Waals surface area contributed by atoms with E-state index in [0.29, 0.717) is 5.02 Å². The summed E-state index contributed by atoms with van der Waals surface area (Å²) in [6.07, 6.45) is 2.98. The SMILES string of the molecule is FC(F)Oc1ccc(N2CCN(Cc3ccc(Cl)cn3)CC2)nc1. The van der Waals surface area contributed by atoms with Crippen molar-refractivity contribution in [2.75, 3.05) is 31.1 Å². The maximum Gasteiger partial charge on any atom is 0.387 e. The van der Waals surface area contributed by atoms with Crippen LogP contribution < -0.4 is 9.64 Å². The lowest BCUT2D eigenvalue weighted by molar-refractivity contribution is -0.0500. The van der Waals surface area contributed by atoms with Gasteiger partial charge in [0.05, 0.1) is 16.9 Å². The summed E-state index contributed by atoms with van der Waals surface area (Å²) in [6.45, 7) is 1.33. The number of alkyl halides is 2. The van der Waals surface area contributed by atoms with Crippen molar-refractivity contribution in [2.45, 2.75) is 13.2 Å². The Labute approximate surface area is 143 Å². The third kappa shape index (κ3) is 4.52. The van der Waals surface area contributed by atoms with Crippen LogP contribution >= 0.6 is 11.6 Å². The Balaban J connectivity index is 1.52. The van der Waals surface area contributed by atoms with Crippen LogP contribution in [0.3, 0.4) is 0 Å². The molecule has 2 aromatic heterocycles. The second kappa shape index (κ2) is 7.72. The normalized spacial score (nSPS) is 15.8. The zero-order valence-electron chi connectivity index (χ0n) is 12.9. The summed E-state index contributed by atoms with van der Waals surface area (Å²) in [7, 11) is 0. The molecular weight excluding hydrogens is 338 g/mol. The number of hydrogen-bond donors (Lipinski definition) is 0. The van der Waals surface area contributed by atoms with E-state index in [1.807, 2.05) is 12.1 Å². The van der Waals surface area contributed by atoms with Gasteiger partial charge in [-0.2, -0.15) is 8.78 Å². The maximum absolute atomic E-state index is 12.1. The molecule has 5 nitrogen and oxygen atoms in total. The molecule has 0 N–H and O–H groups in total. The van der Waals surface area contributed by atoms with Gasteiger partial charge >= 0.3 is 6.61 Å². The third-order valence-corrected chi connectivity index (χ3v) is 4.04. The van der Waals surface area contributed by atoms with E-state index < -0.39 is 6.61 Å². The minimum atomic E-state index is -2.83. The van der Waals surface area contributed by atoms with Crippen LogP contribution in [-0.2, 0) is 6.54 Å². The Kier molecular flexibility index (Phi) is 5.42. The predicted molar refractivity (Wildman–Crippen MR) is 87.6 cm³/mol. The lowest BCUT2D eigenvalue weighted by Crippen LogP contribution is -2.46. The lowest BCUT2D eigenvalue weighted by Gasteiger charge is -2.35. The Morgan fingerprint density at radius 3 is 2.42 bits per heavy atom. The molecular formula is C16H17ClF2N4O. The highest BCUT2D eigenvalue weighted by Gasteiger charge is 2.18. The molecule has 2 aromatic rings. The molecule has 3 heterocycles. The van der Waals surface area contributed by atoms with Crippen LogP contribution in [0.25, 0.3) is 0 Å². The van der Waals surface area contributed by atoms with Gasteiger partial charge in [0.1, 0.15) is 11.6 Å². The van der Waals surface area contributed by atoms with Crippen LogP contribution in [0.4, 0.5) is 14.6 Å². The summed E-state index contributed by atoms with van der Waals surface area (Å²) in [4.78, 5) is 12.9. The van der Waals surface area contributed by atoms with Gasteiger partial charge in [0.2, 0.25) is 0 Å². The van der Waals surface area contributed by atoms with Crippen molar-refractivity contribution < 1.29 is 13.5 Å². The van der Waals surface area contributed by atoms with Gasteiger partial charge in [0.25, 0.3) is 0 Å². The first-order valence-electron chi connectivity index (χ1n) is 7.59. The van der Waals surface area contributed by atoms with E-state index >= 15 is 0 Å².